The molecular weight excluding hydrogens is 402 g/mol. The third-order valence-electron chi connectivity index (χ3n) is 4.59. The van der Waals surface area contributed by atoms with Crippen molar-refractivity contribution >= 4 is 34.8 Å². The molecule has 0 bridgehead atoms. The molecule has 3 N–H and O–H groups in total. The Labute approximate surface area is 181 Å². The number of carbonyl (C=O) groups excluding carboxylic acids is 2. The van der Waals surface area contributed by atoms with Crippen LogP contribution in [0.5, 0.6) is 5.75 Å². The lowest BCUT2D eigenvalue weighted by Crippen LogP contribution is -2.35. The van der Waals surface area contributed by atoms with Crippen molar-refractivity contribution in [2.75, 3.05) is 25.1 Å². The Morgan fingerprint density at radius 2 is 1.90 bits per heavy atom. The largest absolute Gasteiger partial charge is 0.494 e. The third-order valence-corrected chi connectivity index (χ3v) is 4.79. The van der Waals surface area contributed by atoms with Crippen LogP contribution in [0.2, 0.25) is 0 Å². The Kier molecular flexibility index (Phi) is 7.75. The number of anilines is 1. The van der Waals surface area contributed by atoms with Crippen molar-refractivity contribution in [1.29, 1.82) is 0 Å². The smallest absolute Gasteiger partial charge is 0.257 e. The van der Waals surface area contributed by atoms with Crippen LogP contribution >= 0.6 is 12.2 Å². The Hall–Kier alpha value is -2.97. The number of ether oxygens (including phenoxy) is 2. The fourth-order valence-corrected chi connectivity index (χ4v) is 3.30. The maximum absolute atomic E-state index is 12.6. The second-order valence-corrected chi connectivity index (χ2v) is 7.16. The molecule has 1 fully saturated rings. The van der Waals surface area contributed by atoms with E-state index in [9.17, 15) is 9.59 Å². The minimum Gasteiger partial charge on any atom is -0.494 e. The molecule has 8 heteroatoms. The van der Waals surface area contributed by atoms with Gasteiger partial charge in [-0.2, -0.15) is 0 Å². The molecule has 2 aromatic rings. The molecule has 2 aromatic carbocycles. The zero-order chi connectivity index (χ0) is 21.3. The Morgan fingerprint density at radius 3 is 2.60 bits per heavy atom. The van der Waals surface area contributed by atoms with Gasteiger partial charge in [0.05, 0.1) is 24.0 Å². The monoisotopic (exact) mass is 427 g/mol. The average molecular weight is 428 g/mol. The Bertz CT molecular complexity index is 896. The topological polar surface area (TPSA) is 88.7 Å². The summed E-state index contributed by atoms with van der Waals surface area (Å²) in [4.78, 5) is 25.0. The minimum atomic E-state index is -0.351. The second-order valence-electron chi connectivity index (χ2n) is 6.76. The number of hydrogen-bond donors (Lipinski definition) is 3. The summed E-state index contributed by atoms with van der Waals surface area (Å²) in [6.07, 6.45) is 2.02. The van der Waals surface area contributed by atoms with E-state index in [1.54, 1.807) is 48.5 Å². The average Bonchev–Trinajstić information content (AvgIpc) is 3.27. The highest BCUT2D eigenvalue weighted by atomic mass is 32.1. The molecule has 1 saturated heterocycles. The first-order valence-electron chi connectivity index (χ1n) is 9.91. The van der Waals surface area contributed by atoms with Gasteiger partial charge in [-0.3, -0.25) is 14.9 Å². The molecule has 1 heterocycles. The maximum atomic E-state index is 12.6. The van der Waals surface area contributed by atoms with Gasteiger partial charge in [0, 0.05) is 18.7 Å². The quantitative estimate of drug-likeness (QED) is 0.589. The second kappa shape index (κ2) is 10.7. The lowest BCUT2D eigenvalue weighted by Gasteiger charge is -2.15. The maximum Gasteiger partial charge on any atom is 0.257 e. The van der Waals surface area contributed by atoms with Gasteiger partial charge in [0.1, 0.15) is 5.75 Å². The van der Waals surface area contributed by atoms with E-state index in [0.29, 0.717) is 35.7 Å². The molecule has 1 aliphatic rings. The predicted molar refractivity (Wildman–Crippen MR) is 119 cm³/mol. The van der Waals surface area contributed by atoms with Crippen molar-refractivity contribution in [3.05, 3.63) is 59.7 Å². The predicted octanol–water partition coefficient (Wildman–Crippen LogP) is 3.12. The van der Waals surface area contributed by atoms with Crippen LogP contribution < -0.4 is 20.7 Å². The van der Waals surface area contributed by atoms with Gasteiger partial charge >= 0.3 is 0 Å². The van der Waals surface area contributed by atoms with Crippen LogP contribution in [0.1, 0.15) is 40.5 Å². The van der Waals surface area contributed by atoms with E-state index >= 15 is 0 Å². The first kappa shape index (κ1) is 21.7. The van der Waals surface area contributed by atoms with Crippen molar-refractivity contribution < 1.29 is 19.1 Å². The molecule has 2 amide bonds. The lowest BCUT2D eigenvalue weighted by molar-refractivity contribution is 0.0858. The molecule has 158 valence electrons. The number of nitrogens with one attached hydrogen (secondary N) is 3. The van der Waals surface area contributed by atoms with Crippen LogP contribution in [-0.4, -0.2) is 42.8 Å². The number of amides is 2. The minimum absolute atomic E-state index is 0.0588. The highest BCUT2D eigenvalue weighted by Gasteiger charge is 2.18. The van der Waals surface area contributed by atoms with Crippen molar-refractivity contribution in [2.45, 2.75) is 25.9 Å². The summed E-state index contributed by atoms with van der Waals surface area (Å²) in [6, 6.07) is 13.8. The van der Waals surface area contributed by atoms with Crippen molar-refractivity contribution in [3.8, 4) is 5.75 Å². The van der Waals surface area contributed by atoms with Crippen LogP contribution in [0.4, 0.5) is 5.69 Å². The van der Waals surface area contributed by atoms with Crippen molar-refractivity contribution in [3.63, 3.8) is 0 Å². The fraction of sp³-hybridized carbons (Fsp3) is 0.318. The van der Waals surface area contributed by atoms with E-state index in [4.69, 9.17) is 21.7 Å². The van der Waals surface area contributed by atoms with Crippen LogP contribution in [0.25, 0.3) is 0 Å². The zero-order valence-electron chi connectivity index (χ0n) is 16.8. The van der Waals surface area contributed by atoms with Crippen molar-refractivity contribution in [2.24, 2.45) is 0 Å². The van der Waals surface area contributed by atoms with E-state index in [2.05, 4.69) is 16.0 Å². The SMILES string of the molecule is CCOc1ccc(C(=O)NC(=S)Nc2ccccc2C(=O)NC[C@H]2CCCO2)cc1. The number of benzene rings is 2. The summed E-state index contributed by atoms with van der Waals surface area (Å²) in [5.41, 5.74) is 1.40. The standard InChI is InChI=1S/C22H25N3O4S/c1-2-28-16-11-9-15(10-12-16)20(26)25-22(30)24-19-8-4-3-7-18(19)21(27)23-14-17-6-5-13-29-17/h3-4,7-12,17H,2,5-6,13-14H2,1H3,(H,23,27)(H2,24,25,26,30)/t17-/m1/s1. The number of thiocarbonyl (C=S) groups is 1. The van der Waals surface area contributed by atoms with Gasteiger partial charge in [-0.1, -0.05) is 12.1 Å². The number of carbonyl (C=O) groups is 2. The molecular formula is C22H25N3O4S. The summed E-state index contributed by atoms with van der Waals surface area (Å²) in [5.74, 6) is 0.114. The molecule has 0 aliphatic carbocycles. The van der Waals surface area contributed by atoms with Crippen LogP contribution in [-0.2, 0) is 4.74 Å². The van der Waals surface area contributed by atoms with Crippen molar-refractivity contribution in [1.82, 2.24) is 10.6 Å². The zero-order valence-corrected chi connectivity index (χ0v) is 17.6. The third kappa shape index (κ3) is 6.01. The molecule has 1 atom stereocenters. The lowest BCUT2D eigenvalue weighted by atomic mass is 10.1. The first-order valence-corrected chi connectivity index (χ1v) is 10.3. The van der Waals surface area contributed by atoms with E-state index in [1.807, 2.05) is 6.92 Å². The van der Waals surface area contributed by atoms with Gasteiger partial charge in [0.2, 0.25) is 0 Å². The molecule has 0 saturated carbocycles. The molecule has 0 radical (unpaired) electrons. The Balaban J connectivity index is 1.58. The highest BCUT2D eigenvalue weighted by molar-refractivity contribution is 7.80. The molecule has 0 aromatic heterocycles. The molecule has 1 aliphatic heterocycles. The van der Waals surface area contributed by atoms with Gasteiger partial charge in [0.15, 0.2) is 5.11 Å². The molecule has 3 rings (SSSR count). The van der Waals surface area contributed by atoms with Gasteiger partial charge in [-0.15, -0.1) is 0 Å². The molecule has 7 nitrogen and oxygen atoms in total. The number of para-hydroxylation sites is 1. The summed E-state index contributed by atoms with van der Waals surface area (Å²) in [6.45, 7) is 3.65. The molecule has 30 heavy (non-hydrogen) atoms. The fourth-order valence-electron chi connectivity index (χ4n) is 3.10. The van der Waals surface area contributed by atoms with Gasteiger partial charge in [0.25, 0.3) is 11.8 Å². The van der Waals surface area contributed by atoms with Gasteiger partial charge < -0.3 is 20.1 Å². The Morgan fingerprint density at radius 1 is 1.13 bits per heavy atom. The van der Waals surface area contributed by atoms with Gasteiger partial charge in [-0.05, 0) is 68.4 Å². The van der Waals surface area contributed by atoms with E-state index in [0.717, 1.165) is 19.4 Å². The highest BCUT2D eigenvalue weighted by Crippen LogP contribution is 2.16. The summed E-state index contributed by atoms with van der Waals surface area (Å²) < 4.78 is 10.9. The van der Waals surface area contributed by atoms with Gasteiger partial charge in [-0.25, -0.2) is 0 Å². The van der Waals surface area contributed by atoms with Crippen LogP contribution in [0, 0.1) is 0 Å². The number of hydrogen-bond acceptors (Lipinski definition) is 5. The van der Waals surface area contributed by atoms with Crippen LogP contribution in [0.3, 0.4) is 0 Å². The van der Waals surface area contributed by atoms with E-state index in [1.165, 1.54) is 0 Å². The molecule has 0 unspecified atom stereocenters. The summed E-state index contributed by atoms with van der Waals surface area (Å²) in [7, 11) is 0. The summed E-state index contributed by atoms with van der Waals surface area (Å²) in [5, 5.41) is 8.56. The normalized spacial score (nSPS) is 15.3. The van der Waals surface area contributed by atoms with E-state index < -0.39 is 0 Å². The summed E-state index contributed by atoms with van der Waals surface area (Å²) >= 11 is 5.26. The number of rotatable bonds is 7. The van der Waals surface area contributed by atoms with E-state index in [-0.39, 0.29) is 23.0 Å². The molecule has 0 spiro atoms. The first-order chi connectivity index (χ1) is 14.6. The van der Waals surface area contributed by atoms with Crippen LogP contribution in [0.15, 0.2) is 48.5 Å².